The molecule has 1 saturated heterocycles. The molecule has 1 aliphatic rings. The van der Waals surface area contributed by atoms with Crippen molar-refractivity contribution in [2.45, 2.75) is 24.6 Å². The molecule has 2 amide bonds. The molecule has 0 aliphatic carbocycles. The molecule has 0 saturated carbocycles. The van der Waals surface area contributed by atoms with Crippen LogP contribution < -0.4 is 15.8 Å². The van der Waals surface area contributed by atoms with Gasteiger partial charge in [0.1, 0.15) is 29.6 Å². The Balaban J connectivity index is 1.48. The van der Waals surface area contributed by atoms with Gasteiger partial charge in [0.15, 0.2) is 12.4 Å². The number of amides is 2. The van der Waals surface area contributed by atoms with Crippen LogP contribution in [0.1, 0.15) is 26.3 Å². The fraction of sp³-hybridized carbons (Fsp3) is 0.259. The molecule has 5 rings (SSSR count). The van der Waals surface area contributed by atoms with Crippen molar-refractivity contribution in [3.05, 3.63) is 77.4 Å². The molecule has 0 bridgehead atoms. The van der Waals surface area contributed by atoms with E-state index in [0.29, 0.717) is 6.07 Å². The Morgan fingerprint density at radius 1 is 1.02 bits per heavy atom. The summed E-state index contributed by atoms with van der Waals surface area (Å²) < 4.78 is 115. The fourth-order valence-electron chi connectivity index (χ4n) is 4.76. The average molecular weight is 628 g/mol. The molecular weight excluding hydrogens is 608 g/mol. The lowest BCUT2D eigenvalue weighted by atomic mass is 10.1. The van der Waals surface area contributed by atoms with Crippen molar-refractivity contribution in [2.75, 3.05) is 25.4 Å². The number of carbonyl (C=O) groups excluding carboxylic acids is 2. The summed E-state index contributed by atoms with van der Waals surface area (Å²) in [7, 11) is 0. The van der Waals surface area contributed by atoms with Crippen molar-refractivity contribution in [3.63, 3.8) is 0 Å². The number of hydrogen-bond donors (Lipinski definition) is 2. The van der Waals surface area contributed by atoms with Gasteiger partial charge in [-0.15, -0.1) is 0 Å². The van der Waals surface area contributed by atoms with Gasteiger partial charge in [-0.1, -0.05) is 12.1 Å². The molecule has 0 unspecified atom stereocenters. The number of hydrogen-bond acceptors (Lipinski definition) is 6. The summed E-state index contributed by atoms with van der Waals surface area (Å²) in [5.74, 6) is -3.96. The van der Waals surface area contributed by atoms with Gasteiger partial charge in [-0.3, -0.25) is 9.59 Å². The lowest BCUT2D eigenvalue weighted by Gasteiger charge is -2.19. The monoisotopic (exact) mass is 628 g/mol. The smallest absolute Gasteiger partial charge is 0.422 e. The lowest BCUT2D eigenvalue weighted by Crippen LogP contribution is -2.42. The van der Waals surface area contributed by atoms with E-state index < -0.39 is 90.1 Å². The Labute approximate surface area is 242 Å². The maximum atomic E-state index is 14.9. The highest BCUT2D eigenvalue weighted by Gasteiger charge is 2.39. The minimum Gasteiger partial charge on any atom is -0.483 e. The average Bonchev–Trinajstić information content (AvgIpc) is 3.53. The number of rotatable bonds is 6. The highest BCUT2D eigenvalue weighted by Crippen LogP contribution is 2.39. The number of halogens is 8. The number of nitrogens with one attached hydrogen (secondary N) is 1. The van der Waals surface area contributed by atoms with Crippen LogP contribution in [0.25, 0.3) is 16.8 Å². The molecular formula is C27H20F8N6O3. The van der Waals surface area contributed by atoms with Crippen LogP contribution in [0.2, 0.25) is 0 Å². The topological polar surface area (TPSA) is 115 Å². The largest absolute Gasteiger partial charge is 0.483 e. The zero-order valence-electron chi connectivity index (χ0n) is 22.1. The van der Waals surface area contributed by atoms with Gasteiger partial charge in [-0.2, -0.15) is 31.4 Å². The predicted octanol–water partition coefficient (Wildman–Crippen LogP) is 4.67. The molecule has 2 atom stereocenters. The molecule has 44 heavy (non-hydrogen) atoms. The molecule has 0 spiro atoms. The molecule has 9 nitrogen and oxygen atoms in total. The maximum absolute atomic E-state index is 14.9. The van der Waals surface area contributed by atoms with Gasteiger partial charge in [0.25, 0.3) is 11.8 Å². The van der Waals surface area contributed by atoms with Crippen molar-refractivity contribution in [1.82, 2.24) is 24.8 Å². The minimum atomic E-state index is -4.90. The van der Waals surface area contributed by atoms with E-state index in [1.165, 1.54) is 18.2 Å². The van der Waals surface area contributed by atoms with E-state index >= 15 is 0 Å². The Hall–Kier alpha value is -4.96. The number of ether oxygens (including phenoxy) is 1. The highest BCUT2D eigenvalue weighted by molar-refractivity contribution is 5.99. The van der Waals surface area contributed by atoms with Gasteiger partial charge in [-0.05, 0) is 36.4 Å². The normalized spacial score (nSPS) is 17.2. The number of benzene rings is 2. The van der Waals surface area contributed by atoms with Crippen LogP contribution in [0.4, 0.5) is 40.9 Å². The van der Waals surface area contributed by atoms with E-state index in [9.17, 15) is 44.7 Å². The molecule has 3 heterocycles. The summed E-state index contributed by atoms with van der Waals surface area (Å²) in [6.07, 6.45) is -10.7. The quantitative estimate of drug-likeness (QED) is 0.300. The summed E-state index contributed by atoms with van der Waals surface area (Å²) in [5.41, 5.74) is 2.59. The number of anilines is 1. The number of alkyl halides is 7. The number of fused-ring (bicyclic) bond motifs is 1. The molecule has 1 aliphatic heterocycles. The van der Waals surface area contributed by atoms with Gasteiger partial charge < -0.3 is 20.7 Å². The van der Waals surface area contributed by atoms with Gasteiger partial charge in [0.2, 0.25) is 0 Å². The van der Waals surface area contributed by atoms with Crippen molar-refractivity contribution in [2.24, 2.45) is 0 Å². The highest BCUT2D eigenvalue weighted by atomic mass is 19.4. The van der Waals surface area contributed by atoms with E-state index in [-0.39, 0.29) is 16.8 Å². The van der Waals surface area contributed by atoms with Crippen LogP contribution in [0, 0.1) is 5.82 Å². The first-order valence-electron chi connectivity index (χ1n) is 12.7. The first-order valence-corrected chi connectivity index (χ1v) is 12.7. The van der Waals surface area contributed by atoms with Crippen molar-refractivity contribution in [3.8, 4) is 17.0 Å². The van der Waals surface area contributed by atoms with Gasteiger partial charge in [-0.25, -0.2) is 18.3 Å². The van der Waals surface area contributed by atoms with Gasteiger partial charge in [0, 0.05) is 12.1 Å². The summed E-state index contributed by atoms with van der Waals surface area (Å²) in [5, 5.41) is 6.09. The van der Waals surface area contributed by atoms with Crippen LogP contribution in [-0.2, 0) is 6.18 Å². The molecule has 0 radical (unpaired) electrons. The molecule has 1 fully saturated rings. The Morgan fingerprint density at radius 3 is 2.43 bits per heavy atom. The number of nitrogens with two attached hydrogens (primary N) is 1. The first kappa shape index (κ1) is 30.5. The molecule has 3 N–H and O–H groups in total. The van der Waals surface area contributed by atoms with Crippen LogP contribution in [0.15, 0.2) is 54.9 Å². The van der Waals surface area contributed by atoms with Gasteiger partial charge in [0.05, 0.1) is 35.0 Å². The third-order valence-electron chi connectivity index (χ3n) is 6.76. The zero-order valence-corrected chi connectivity index (χ0v) is 22.1. The van der Waals surface area contributed by atoms with Gasteiger partial charge >= 0.3 is 12.4 Å². The summed E-state index contributed by atoms with van der Waals surface area (Å²) >= 11 is 0. The third kappa shape index (κ3) is 6.07. The molecule has 2 aromatic heterocycles. The second-order valence-corrected chi connectivity index (χ2v) is 9.75. The van der Waals surface area contributed by atoms with E-state index in [1.54, 1.807) is 0 Å². The molecule has 232 valence electrons. The van der Waals surface area contributed by atoms with E-state index in [4.69, 9.17) is 10.5 Å². The van der Waals surface area contributed by atoms with Crippen molar-refractivity contribution >= 4 is 23.1 Å². The van der Waals surface area contributed by atoms with E-state index in [1.807, 2.05) is 0 Å². The summed E-state index contributed by atoms with van der Waals surface area (Å²) in [4.78, 5) is 30.6. The zero-order chi connectivity index (χ0) is 32.0. The summed E-state index contributed by atoms with van der Waals surface area (Å²) in [6, 6.07) is 7.29. The van der Waals surface area contributed by atoms with Crippen LogP contribution >= 0.6 is 0 Å². The molecule has 17 heteroatoms. The SMILES string of the molecule is Nc1ncnn2c(-c3ccc(OCC(F)(F)F)c(C(=O)N[C@@H]4CN(C(=O)c5ccccc5F)C[C@@H]4F)c3)cc(C(F)(F)F)c12. The van der Waals surface area contributed by atoms with E-state index in [0.717, 1.165) is 40.0 Å². The Morgan fingerprint density at radius 2 is 1.75 bits per heavy atom. The number of likely N-dealkylation sites (tertiary alicyclic amines) is 1. The van der Waals surface area contributed by atoms with Crippen LogP contribution in [-0.4, -0.2) is 69.4 Å². The Kier molecular flexibility index (Phi) is 7.81. The Bertz CT molecular complexity index is 1740. The second kappa shape index (κ2) is 11.3. The first-order chi connectivity index (χ1) is 20.6. The van der Waals surface area contributed by atoms with Crippen LogP contribution in [0.3, 0.4) is 0 Å². The second-order valence-electron chi connectivity index (χ2n) is 9.75. The van der Waals surface area contributed by atoms with E-state index in [2.05, 4.69) is 15.4 Å². The number of carbonyl (C=O) groups is 2. The lowest BCUT2D eigenvalue weighted by molar-refractivity contribution is -0.153. The fourth-order valence-corrected chi connectivity index (χ4v) is 4.76. The minimum absolute atomic E-state index is 0.113. The number of nitrogens with zero attached hydrogens (tertiary/aromatic N) is 4. The predicted molar refractivity (Wildman–Crippen MR) is 138 cm³/mol. The molecule has 4 aromatic rings. The number of nitrogen functional groups attached to an aromatic ring is 1. The van der Waals surface area contributed by atoms with Crippen molar-refractivity contribution in [1.29, 1.82) is 0 Å². The third-order valence-corrected chi connectivity index (χ3v) is 6.76. The van der Waals surface area contributed by atoms with Crippen molar-refractivity contribution < 1.29 is 49.4 Å². The maximum Gasteiger partial charge on any atom is 0.422 e. The molecule has 2 aromatic carbocycles. The number of aromatic nitrogens is 3. The standard InChI is InChI=1S/C27H20F8N6O3/c28-17-4-2-1-3-14(17)25(43)40-9-18(29)19(10-40)39-24(42)15-7-13(5-6-21(15)44-11-26(30,31)32)20-8-16(27(33,34)35)22-23(36)37-12-38-41(20)22/h1-8,12,18-19H,9-11H2,(H,39,42)(H2,36,37,38)/t18-,19+/m0/s1. The summed E-state index contributed by atoms with van der Waals surface area (Å²) in [6.45, 7) is -2.75. The van der Waals surface area contributed by atoms with Crippen LogP contribution in [0.5, 0.6) is 5.75 Å².